The average Bonchev–Trinajstić information content (AvgIpc) is 2.37. The van der Waals surface area contributed by atoms with Crippen molar-refractivity contribution >= 4 is 0 Å². The normalized spacial score (nSPS) is 22.3. The summed E-state index contributed by atoms with van der Waals surface area (Å²) in [6.45, 7) is 16.1. The van der Waals surface area contributed by atoms with Crippen molar-refractivity contribution in [2.45, 2.75) is 52.5 Å². The first kappa shape index (κ1) is 15.9. The lowest BCUT2D eigenvalue weighted by Crippen LogP contribution is -2.58. The molecule has 1 fully saturated rings. The van der Waals surface area contributed by atoms with Gasteiger partial charge in [-0.25, -0.2) is 0 Å². The van der Waals surface area contributed by atoms with Crippen LogP contribution in [-0.4, -0.2) is 54.6 Å². The fourth-order valence-corrected chi connectivity index (χ4v) is 2.82. The zero-order valence-corrected chi connectivity index (χ0v) is 12.9. The third-order valence-corrected chi connectivity index (χ3v) is 4.38. The first-order valence-electron chi connectivity index (χ1n) is 7.69. The highest BCUT2D eigenvalue weighted by molar-refractivity contribution is 4.90. The number of hydrogen-bond acceptors (Lipinski definition) is 3. The predicted molar refractivity (Wildman–Crippen MR) is 79.8 cm³/mol. The van der Waals surface area contributed by atoms with Gasteiger partial charge in [0.1, 0.15) is 0 Å². The maximum Gasteiger partial charge on any atom is 0.0304 e. The number of nitrogens with two attached hydrogens (primary N) is 1. The second-order valence-corrected chi connectivity index (χ2v) is 6.46. The van der Waals surface area contributed by atoms with E-state index >= 15 is 0 Å². The van der Waals surface area contributed by atoms with Crippen molar-refractivity contribution in [2.24, 2.45) is 11.7 Å². The Morgan fingerprint density at radius 2 is 1.78 bits per heavy atom. The highest BCUT2D eigenvalue weighted by Gasteiger charge is 2.32. The van der Waals surface area contributed by atoms with Gasteiger partial charge in [0.25, 0.3) is 0 Å². The van der Waals surface area contributed by atoms with Crippen molar-refractivity contribution in [1.82, 2.24) is 9.80 Å². The van der Waals surface area contributed by atoms with Gasteiger partial charge in [-0.3, -0.25) is 4.90 Å². The van der Waals surface area contributed by atoms with Crippen molar-refractivity contribution in [3.8, 4) is 0 Å². The molecule has 2 N–H and O–H groups in total. The zero-order chi connectivity index (χ0) is 13.6. The van der Waals surface area contributed by atoms with E-state index in [9.17, 15) is 0 Å². The van der Waals surface area contributed by atoms with E-state index in [4.69, 9.17) is 5.73 Å². The van der Waals surface area contributed by atoms with Gasteiger partial charge >= 0.3 is 0 Å². The molecule has 1 heterocycles. The molecule has 0 spiro atoms. The van der Waals surface area contributed by atoms with E-state index in [1.165, 1.54) is 52.0 Å². The molecule has 0 bridgehead atoms. The Morgan fingerprint density at radius 3 is 2.22 bits per heavy atom. The maximum absolute atomic E-state index is 6.06. The van der Waals surface area contributed by atoms with Crippen LogP contribution in [0.15, 0.2) is 0 Å². The first-order chi connectivity index (χ1) is 8.51. The van der Waals surface area contributed by atoms with Gasteiger partial charge in [0.05, 0.1) is 0 Å². The molecule has 3 heteroatoms. The minimum absolute atomic E-state index is 0.211. The van der Waals surface area contributed by atoms with Crippen molar-refractivity contribution in [3.05, 3.63) is 0 Å². The molecule has 0 saturated carbocycles. The van der Waals surface area contributed by atoms with Gasteiger partial charge in [-0.15, -0.1) is 0 Å². The molecule has 108 valence electrons. The summed E-state index contributed by atoms with van der Waals surface area (Å²) < 4.78 is 0. The molecule has 1 saturated heterocycles. The monoisotopic (exact) mass is 255 g/mol. The molecular formula is C15H33N3. The molecule has 1 aliphatic rings. The molecule has 18 heavy (non-hydrogen) atoms. The van der Waals surface area contributed by atoms with E-state index in [0.29, 0.717) is 0 Å². The molecular weight excluding hydrogens is 222 g/mol. The Hall–Kier alpha value is -0.120. The summed E-state index contributed by atoms with van der Waals surface area (Å²) in [5.41, 5.74) is 6.27. The van der Waals surface area contributed by atoms with Crippen LogP contribution in [0.4, 0.5) is 0 Å². The number of rotatable bonds is 7. The standard InChI is InChI=1S/C15H33N3/c1-5-8-17-9-11-18(12-10-17)15(4,13-16)7-6-14(2)3/h14H,5-13,16H2,1-4H3. The molecule has 1 unspecified atom stereocenters. The number of piperazine rings is 1. The number of nitrogens with zero attached hydrogens (tertiary/aromatic N) is 2. The van der Waals surface area contributed by atoms with Crippen molar-refractivity contribution in [1.29, 1.82) is 0 Å². The average molecular weight is 255 g/mol. The lowest BCUT2D eigenvalue weighted by molar-refractivity contribution is 0.0385. The Bertz CT molecular complexity index is 222. The van der Waals surface area contributed by atoms with Gasteiger partial charge in [-0.2, -0.15) is 0 Å². The maximum atomic E-state index is 6.06. The fraction of sp³-hybridized carbons (Fsp3) is 1.00. The summed E-state index contributed by atoms with van der Waals surface area (Å²) in [6, 6.07) is 0. The van der Waals surface area contributed by atoms with Crippen LogP contribution in [-0.2, 0) is 0 Å². The van der Waals surface area contributed by atoms with Crippen LogP contribution in [0.2, 0.25) is 0 Å². The third kappa shape index (κ3) is 4.52. The van der Waals surface area contributed by atoms with Gasteiger partial charge in [-0.05, 0) is 38.6 Å². The van der Waals surface area contributed by atoms with E-state index in [-0.39, 0.29) is 5.54 Å². The van der Waals surface area contributed by atoms with Crippen LogP contribution in [0.25, 0.3) is 0 Å². The lowest BCUT2D eigenvalue weighted by atomic mass is 9.89. The molecule has 0 amide bonds. The summed E-state index contributed by atoms with van der Waals surface area (Å²) in [6.07, 6.45) is 3.78. The summed E-state index contributed by atoms with van der Waals surface area (Å²) in [4.78, 5) is 5.21. The zero-order valence-electron chi connectivity index (χ0n) is 12.9. The summed E-state index contributed by atoms with van der Waals surface area (Å²) in [5.74, 6) is 0.775. The van der Waals surface area contributed by atoms with Crippen LogP contribution < -0.4 is 5.73 Å². The second kappa shape index (κ2) is 7.46. The van der Waals surface area contributed by atoms with Crippen LogP contribution in [0.3, 0.4) is 0 Å². The Labute approximate surface area is 114 Å². The van der Waals surface area contributed by atoms with Gasteiger partial charge < -0.3 is 10.6 Å². The van der Waals surface area contributed by atoms with E-state index in [0.717, 1.165) is 12.5 Å². The first-order valence-corrected chi connectivity index (χ1v) is 7.69. The Balaban J connectivity index is 2.46. The van der Waals surface area contributed by atoms with Crippen LogP contribution in [0, 0.1) is 5.92 Å². The molecule has 0 radical (unpaired) electrons. The SMILES string of the molecule is CCCN1CCN(C(C)(CN)CCC(C)C)CC1. The predicted octanol–water partition coefficient (Wildman–Crippen LogP) is 2.17. The molecule has 1 rings (SSSR count). The number of hydrogen-bond donors (Lipinski definition) is 1. The Kier molecular flexibility index (Phi) is 6.61. The summed E-state index contributed by atoms with van der Waals surface area (Å²) in [7, 11) is 0. The summed E-state index contributed by atoms with van der Waals surface area (Å²) in [5, 5.41) is 0. The molecule has 0 aromatic heterocycles. The minimum atomic E-state index is 0.211. The van der Waals surface area contributed by atoms with E-state index < -0.39 is 0 Å². The van der Waals surface area contributed by atoms with Crippen LogP contribution >= 0.6 is 0 Å². The molecule has 0 aromatic carbocycles. The highest BCUT2D eigenvalue weighted by atomic mass is 15.3. The fourth-order valence-electron chi connectivity index (χ4n) is 2.82. The summed E-state index contributed by atoms with van der Waals surface area (Å²) >= 11 is 0. The highest BCUT2D eigenvalue weighted by Crippen LogP contribution is 2.24. The third-order valence-electron chi connectivity index (χ3n) is 4.38. The largest absolute Gasteiger partial charge is 0.329 e. The second-order valence-electron chi connectivity index (χ2n) is 6.46. The van der Waals surface area contributed by atoms with Crippen molar-refractivity contribution in [2.75, 3.05) is 39.3 Å². The van der Waals surface area contributed by atoms with E-state index in [1.807, 2.05) is 0 Å². The minimum Gasteiger partial charge on any atom is -0.329 e. The lowest BCUT2D eigenvalue weighted by Gasteiger charge is -2.46. The van der Waals surface area contributed by atoms with Crippen molar-refractivity contribution in [3.63, 3.8) is 0 Å². The van der Waals surface area contributed by atoms with E-state index in [1.54, 1.807) is 0 Å². The molecule has 1 atom stereocenters. The van der Waals surface area contributed by atoms with Gasteiger partial charge in [0.2, 0.25) is 0 Å². The molecule has 3 nitrogen and oxygen atoms in total. The van der Waals surface area contributed by atoms with Crippen LogP contribution in [0.1, 0.15) is 47.0 Å². The molecule has 1 aliphatic heterocycles. The van der Waals surface area contributed by atoms with E-state index in [2.05, 4.69) is 37.5 Å². The topological polar surface area (TPSA) is 32.5 Å². The van der Waals surface area contributed by atoms with Gasteiger partial charge in [0.15, 0.2) is 0 Å². The van der Waals surface area contributed by atoms with Crippen molar-refractivity contribution < 1.29 is 0 Å². The smallest absolute Gasteiger partial charge is 0.0304 e. The van der Waals surface area contributed by atoms with Gasteiger partial charge in [-0.1, -0.05) is 20.8 Å². The van der Waals surface area contributed by atoms with Crippen LogP contribution in [0.5, 0.6) is 0 Å². The molecule has 0 aromatic rings. The quantitative estimate of drug-likeness (QED) is 0.757. The van der Waals surface area contributed by atoms with Gasteiger partial charge in [0, 0.05) is 38.3 Å². The Morgan fingerprint density at radius 1 is 1.17 bits per heavy atom. The molecule has 0 aliphatic carbocycles.